The lowest BCUT2D eigenvalue weighted by Gasteiger charge is -2.09. The van der Waals surface area contributed by atoms with Gasteiger partial charge in [-0.15, -0.1) is 0 Å². The fourth-order valence-electron chi connectivity index (χ4n) is 1.54. The van der Waals surface area contributed by atoms with E-state index < -0.39 is 0 Å². The van der Waals surface area contributed by atoms with Crippen LogP contribution in [0.1, 0.15) is 18.5 Å². The van der Waals surface area contributed by atoms with Crippen LogP contribution >= 0.6 is 23.4 Å². The van der Waals surface area contributed by atoms with Crippen molar-refractivity contribution in [1.82, 2.24) is 0 Å². The minimum atomic E-state index is -0.247. The molecule has 1 nitrogen and oxygen atoms in total. The number of nitrogens with two attached hydrogens (primary N) is 1. The van der Waals surface area contributed by atoms with E-state index in [1.54, 1.807) is 6.07 Å². The summed E-state index contributed by atoms with van der Waals surface area (Å²) in [6.45, 7) is 1.91. The van der Waals surface area contributed by atoms with Gasteiger partial charge < -0.3 is 5.73 Å². The molecule has 0 radical (unpaired) electrons. The molecule has 2 aromatic rings. The summed E-state index contributed by atoms with van der Waals surface area (Å²) in [7, 11) is 0. The van der Waals surface area contributed by atoms with Gasteiger partial charge in [-0.2, -0.15) is 0 Å². The SMILES string of the molecule is C[C@H](N)c1ccc(Sc2cccc(F)c2)c(Cl)c1. The average Bonchev–Trinajstić information content (AvgIpc) is 2.31. The third-order valence-corrected chi connectivity index (χ3v) is 4.00. The maximum Gasteiger partial charge on any atom is 0.124 e. The zero-order valence-electron chi connectivity index (χ0n) is 9.86. The first-order chi connectivity index (χ1) is 8.56. The molecule has 18 heavy (non-hydrogen) atoms. The van der Waals surface area contributed by atoms with Crippen molar-refractivity contribution in [3.05, 3.63) is 58.9 Å². The second-order valence-electron chi connectivity index (χ2n) is 4.04. The Bertz CT molecular complexity index is 557. The first kappa shape index (κ1) is 13.4. The van der Waals surface area contributed by atoms with Crippen LogP contribution in [-0.2, 0) is 0 Å². The standard InChI is InChI=1S/C14H13ClFNS/c1-9(17)10-5-6-14(13(15)7-10)18-12-4-2-3-11(16)8-12/h2-9H,17H2,1H3/t9-/m0/s1. The van der Waals surface area contributed by atoms with Crippen LogP contribution in [0.3, 0.4) is 0 Å². The van der Waals surface area contributed by atoms with Gasteiger partial charge in [0.25, 0.3) is 0 Å². The van der Waals surface area contributed by atoms with E-state index in [0.29, 0.717) is 5.02 Å². The van der Waals surface area contributed by atoms with Gasteiger partial charge in [-0.1, -0.05) is 35.5 Å². The molecule has 2 rings (SSSR count). The lowest BCUT2D eigenvalue weighted by molar-refractivity contribution is 0.624. The maximum absolute atomic E-state index is 13.1. The Morgan fingerprint density at radius 2 is 2.00 bits per heavy atom. The normalized spacial score (nSPS) is 12.4. The highest BCUT2D eigenvalue weighted by Crippen LogP contribution is 2.34. The first-order valence-corrected chi connectivity index (χ1v) is 6.74. The molecular weight excluding hydrogens is 269 g/mol. The Morgan fingerprint density at radius 3 is 2.61 bits per heavy atom. The molecule has 2 aromatic carbocycles. The zero-order chi connectivity index (χ0) is 13.1. The van der Waals surface area contributed by atoms with Gasteiger partial charge in [0.1, 0.15) is 5.82 Å². The van der Waals surface area contributed by atoms with E-state index in [1.807, 2.05) is 31.2 Å². The van der Waals surface area contributed by atoms with Crippen LogP contribution in [0.2, 0.25) is 5.02 Å². The molecule has 2 N–H and O–H groups in total. The summed E-state index contributed by atoms with van der Waals surface area (Å²) in [6.07, 6.45) is 0. The van der Waals surface area contributed by atoms with Crippen LogP contribution in [0, 0.1) is 5.82 Å². The van der Waals surface area contributed by atoms with Crippen molar-refractivity contribution in [1.29, 1.82) is 0 Å². The number of hydrogen-bond donors (Lipinski definition) is 1. The van der Waals surface area contributed by atoms with Crippen LogP contribution < -0.4 is 5.73 Å². The Kier molecular flexibility index (Phi) is 4.27. The molecule has 0 aliphatic rings. The van der Waals surface area contributed by atoms with E-state index in [2.05, 4.69) is 0 Å². The van der Waals surface area contributed by atoms with Gasteiger partial charge >= 0.3 is 0 Å². The third kappa shape index (κ3) is 3.25. The molecule has 0 saturated heterocycles. The number of rotatable bonds is 3. The average molecular weight is 282 g/mol. The van der Waals surface area contributed by atoms with Gasteiger partial charge in [-0.25, -0.2) is 4.39 Å². The fourth-order valence-corrected chi connectivity index (χ4v) is 2.71. The topological polar surface area (TPSA) is 26.0 Å². The Balaban J connectivity index is 2.24. The highest BCUT2D eigenvalue weighted by molar-refractivity contribution is 7.99. The summed E-state index contributed by atoms with van der Waals surface area (Å²) in [4.78, 5) is 1.72. The lowest BCUT2D eigenvalue weighted by atomic mass is 10.1. The van der Waals surface area contributed by atoms with E-state index in [0.717, 1.165) is 15.4 Å². The largest absolute Gasteiger partial charge is 0.324 e. The lowest BCUT2D eigenvalue weighted by Crippen LogP contribution is -2.04. The van der Waals surface area contributed by atoms with Crippen molar-refractivity contribution < 1.29 is 4.39 Å². The second-order valence-corrected chi connectivity index (χ2v) is 5.56. The van der Waals surface area contributed by atoms with Crippen molar-refractivity contribution in [3.63, 3.8) is 0 Å². The summed E-state index contributed by atoms with van der Waals surface area (Å²) in [5.41, 5.74) is 6.78. The number of benzene rings is 2. The summed E-state index contributed by atoms with van der Waals surface area (Å²) < 4.78 is 13.1. The summed E-state index contributed by atoms with van der Waals surface area (Å²) in [6, 6.07) is 12.1. The molecule has 0 aliphatic carbocycles. The zero-order valence-corrected chi connectivity index (χ0v) is 11.4. The molecule has 0 unspecified atom stereocenters. The van der Waals surface area contributed by atoms with Crippen molar-refractivity contribution in [3.8, 4) is 0 Å². The molecule has 0 heterocycles. The molecule has 0 bridgehead atoms. The predicted molar refractivity (Wildman–Crippen MR) is 74.6 cm³/mol. The molecule has 0 fully saturated rings. The van der Waals surface area contributed by atoms with Crippen molar-refractivity contribution in [2.24, 2.45) is 5.73 Å². The second kappa shape index (κ2) is 5.74. The van der Waals surface area contributed by atoms with Gasteiger partial charge in [0, 0.05) is 15.8 Å². The van der Waals surface area contributed by atoms with E-state index in [9.17, 15) is 4.39 Å². The first-order valence-electron chi connectivity index (χ1n) is 5.54. The predicted octanol–water partition coefficient (Wildman–Crippen LogP) is 4.65. The van der Waals surface area contributed by atoms with Crippen molar-refractivity contribution in [2.45, 2.75) is 22.8 Å². The van der Waals surface area contributed by atoms with Gasteiger partial charge in [0.15, 0.2) is 0 Å². The van der Waals surface area contributed by atoms with E-state index in [1.165, 1.54) is 23.9 Å². The van der Waals surface area contributed by atoms with Crippen molar-refractivity contribution >= 4 is 23.4 Å². The van der Waals surface area contributed by atoms with Crippen LogP contribution in [0.4, 0.5) is 4.39 Å². The molecule has 4 heteroatoms. The molecule has 0 spiro atoms. The van der Waals surface area contributed by atoms with Crippen LogP contribution in [0.25, 0.3) is 0 Å². The van der Waals surface area contributed by atoms with E-state index in [-0.39, 0.29) is 11.9 Å². The van der Waals surface area contributed by atoms with E-state index in [4.69, 9.17) is 17.3 Å². The summed E-state index contributed by atoms with van der Waals surface area (Å²) in [5.74, 6) is -0.247. The minimum Gasteiger partial charge on any atom is -0.324 e. The van der Waals surface area contributed by atoms with Gasteiger partial charge in [-0.3, -0.25) is 0 Å². The molecule has 0 aromatic heterocycles. The van der Waals surface area contributed by atoms with Crippen LogP contribution in [0.15, 0.2) is 52.3 Å². The highest BCUT2D eigenvalue weighted by Gasteiger charge is 2.07. The minimum absolute atomic E-state index is 0.0456. The molecular formula is C14H13ClFNS. The third-order valence-electron chi connectivity index (χ3n) is 2.51. The monoisotopic (exact) mass is 281 g/mol. The summed E-state index contributed by atoms with van der Waals surface area (Å²) in [5, 5.41) is 0.638. The Morgan fingerprint density at radius 1 is 1.22 bits per heavy atom. The van der Waals surface area contributed by atoms with Gasteiger partial charge in [-0.05, 0) is 42.8 Å². The molecule has 0 saturated carbocycles. The highest BCUT2D eigenvalue weighted by atomic mass is 35.5. The fraction of sp³-hybridized carbons (Fsp3) is 0.143. The maximum atomic E-state index is 13.1. The van der Waals surface area contributed by atoms with E-state index >= 15 is 0 Å². The Labute approximate surface area is 115 Å². The van der Waals surface area contributed by atoms with Gasteiger partial charge in [0.2, 0.25) is 0 Å². The van der Waals surface area contributed by atoms with Crippen molar-refractivity contribution in [2.75, 3.05) is 0 Å². The molecule has 1 atom stereocenters. The van der Waals surface area contributed by atoms with Crippen LogP contribution in [0.5, 0.6) is 0 Å². The number of hydrogen-bond acceptors (Lipinski definition) is 2. The molecule has 94 valence electrons. The molecule has 0 aliphatic heterocycles. The van der Waals surface area contributed by atoms with Crippen LogP contribution in [-0.4, -0.2) is 0 Å². The molecule has 0 amide bonds. The number of halogens is 2. The quantitative estimate of drug-likeness (QED) is 0.886. The smallest absolute Gasteiger partial charge is 0.124 e. The Hall–Kier alpha value is -1.03. The summed E-state index contributed by atoms with van der Waals surface area (Å²) >= 11 is 7.63. The van der Waals surface area contributed by atoms with Gasteiger partial charge in [0.05, 0.1) is 5.02 Å².